The van der Waals surface area contributed by atoms with Gasteiger partial charge >= 0.3 is 0 Å². The smallest absolute Gasteiger partial charge is 0.253 e. The number of nitrogens with one attached hydrogen (secondary N) is 1. The molecule has 1 amide bonds. The van der Waals surface area contributed by atoms with Crippen LogP contribution in [-0.4, -0.2) is 38.8 Å². The second kappa shape index (κ2) is 6.65. The summed E-state index contributed by atoms with van der Waals surface area (Å²) in [6.45, 7) is 1.43. The van der Waals surface area contributed by atoms with Crippen molar-refractivity contribution in [2.45, 2.75) is 18.8 Å². The van der Waals surface area contributed by atoms with Crippen molar-refractivity contribution in [3.63, 3.8) is 0 Å². The van der Waals surface area contributed by atoms with E-state index < -0.39 is 0 Å². The van der Waals surface area contributed by atoms with Crippen LogP contribution in [0.25, 0.3) is 11.0 Å². The summed E-state index contributed by atoms with van der Waals surface area (Å²) in [6, 6.07) is 7.08. The number of hydrogen-bond donors (Lipinski definition) is 1. The Morgan fingerprint density at radius 3 is 2.52 bits per heavy atom. The van der Waals surface area contributed by atoms with Gasteiger partial charge in [0.25, 0.3) is 5.91 Å². The Morgan fingerprint density at radius 1 is 1.12 bits per heavy atom. The van der Waals surface area contributed by atoms with E-state index in [1.807, 2.05) is 4.90 Å². The highest BCUT2D eigenvalue weighted by molar-refractivity contribution is 6.42. The number of H-pyrrole nitrogens is 1. The molecule has 0 radical (unpaired) electrons. The minimum absolute atomic E-state index is 0.0593. The number of pyridine rings is 1. The number of amides is 1. The van der Waals surface area contributed by atoms with Crippen molar-refractivity contribution in [3.05, 3.63) is 58.1 Å². The monoisotopic (exact) mass is 374 g/mol. The van der Waals surface area contributed by atoms with Crippen molar-refractivity contribution in [2.75, 3.05) is 13.1 Å². The molecule has 1 aliphatic rings. The summed E-state index contributed by atoms with van der Waals surface area (Å²) in [5.74, 6) is 1.29. The van der Waals surface area contributed by atoms with E-state index >= 15 is 0 Å². The molecule has 3 aromatic rings. The molecule has 128 valence electrons. The van der Waals surface area contributed by atoms with Gasteiger partial charge in [0.15, 0.2) is 0 Å². The predicted octanol–water partition coefficient (Wildman–Crippen LogP) is 4.28. The fourth-order valence-electron chi connectivity index (χ4n) is 3.25. The first-order chi connectivity index (χ1) is 12.1. The van der Waals surface area contributed by atoms with Crippen LogP contribution in [0.15, 0.2) is 36.7 Å². The Kier molecular flexibility index (Phi) is 4.36. The van der Waals surface area contributed by atoms with Gasteiger partial charge in [0.2, 0.25) is 0 Å². The van der Waals surface area contributed by atoms with E-state index in [2.05, 4.69) is 15.0 Å². The maximum atomic E-state index is 12.5. The molecule has 1 aromatic carbocycles. The minimum Gasteiger partial charge on any atom is -0.342 e. The normalized spacial score (nSPS) is 15.7. The van der Waals surface area contributed by atoms with Crippen molar-refractivity contribution >= 4 is 40.1 Å². The van der Waals surface area contributed by atoms with Crippen LogP contribution in [0.2, 0.25) is 10.0 Å². The first-order valence-electron chi connectivity index (χ1n) is 8.16. The number of aromatic amines is 1. The van der Waals surface area contributed by atoms with Crippen molar-refractivity contribution in [2.24, 2.45) is 0 Å². The van der Waals surface area contributed by atoms with Crippen LogP contribution in [0.1, 0.15) is 34.9 Å². The number of likely N-dealkylation sites (tertiary alicyclic amines) is 1. The largest absolute Gasteiger partial charge is 0.342 e. The zero-order valence-electron chi connectivity index (χ0n) is 13.4. The van der Waals surface area contributed by atoms with E-state index in [1.165, 1.54) is 0 Å². The average Bonchev–Trinajstić information content (AvgIpc) is 3.05. The number of hydrogen-bond acceptors (Lipinski definition) is 3. The lowest BCUT2D eigenvalue weighted by Crippen LogP contribution is -2.38. The third-order valence-corrected chi connectivity index (χ3v) is 5.36. The maximum Gasteiger partial charge on any atom is 0.253 e. The quantitative estimate of drug-likeness (QED) is 0.727. The zero-order valence-corrected chi connectivity index (χ0v) is 14.9. The van der Waals surface area contributed by atoms with Gasteiger partial charge < -0.3 is 9.88 Å². The van der Waals surface area contributed by atoms with E-state index in [9.17, 15) is 4.79 Å². The van der Waals surface area contributed by atoms with Crippen LogP contribution < -0.4 is 0 Å². The Bertz CT molecular complexity index is 878. The number of halogens is 2. The average molecular weight is 375 g/mol. The fourth-order valence-corrected chi connectivity index (χ4v) is 3.57. The molecule has 2 aromatic heterocycles. The molecule has 7 heteroatoms. The Morgan fingerprint density at radius 2 is 1.80 bits per heavy atom. The van der Waals surface area contributed by atoms with Crippen LogP contribution in [0.3, 0.4) is 0 Å². The molecule has 1 N–H and O–H groups in total. The van der Waals surface area contributed by atoms with Gasteiger partial charge in [-0.25, -0.2) is 4.98 Å². The standard InChI is InChI=1S/C18H16Cl2N4O/c19-13-9-15-16(10-14(13)20)23-17(22-15)11-3-7-24(8-4-11)18(25)12-1-5-21-6-2-12/h1-2,5-6,9-11H,3-4,7-8H2,(H,22,23). The molecule has 1 fully saturated rings. The molecule has 0 atom stereocenters. The van der Waals surface area contributed by atoms with Gasteiger partial charge in [-0.1, -0.05) is 23.2 Å². The molecule has 1 aliphatic heterocycles. The molecule has 0 unspecified atom stereocenters. The molecular formula is C18H16Cl2N4O. The molecule has 3 heterocycles. The summed E-state index contributed by atoms with van der Waals surface area (Å²) >= 11 is 12.1. The van der Waals surface area contributed by atoms with Gasteiger partial charge in [-0.05, 0) is 37.1 Å². The lowest BCUT2D eigenvalue weighted by molar-refractivity contribution is 0.0711. The maximum absolute atomic E-state index is 12.5. The number of nitrogens with zero attached hydrogens (tertiary/aromatic N) is 3. The number of carbonyl (C=O) groups is 1. The van der Waals surface area contributed by atoms with Gasteiger partial charge in [0, 0.05) is 37.0 Å². The molecule has 25 heavy (non-hydrogen) atoms. The number of carbonyl (C=O) groups excluding carboxylic acids is 1. The van der Waals surface area contributed by atoms with E-state index in [1.54, 1.807) is 36.7 Å². The Hall–Kier alpha value is -2.11. The highest BCUT2D eigenvalue weighted by Crippen LogP contribution is 2.31. The number of rotatable bonds is 2. The highest BCUT2D eigenvalue weighted by atomic mass is 35.5. The van der Waals surface area contributed by atoms with Crippen molar-refractivity contribution in [3.8, 4) is 0 Å². The molecular weight excluding hydrogens is 359 g/mol. The molecule has 0 bridgehead atoms. The number of benzene rings is 1. The van der Waals surface area contributed by atoms with Gasteiger partial charge in [-0.2, -0.15) is 0 Å². The van der Waals surface area contributed by atoms with E-state index in [4.69, 9.17) is 23.2 Å². The third kappa shape index (κ3) is 3.22. The molecule has 1 saturated heterocycles. The topological polar surface area (TPSA) is 61.9 Å². The number of fused-ring (bicyclic) bond motifs is 1. The third-order valence-electron chi connectivity index (χ3n) is 4.64. The van der Waals surface area contributed by atoms with Crippen molar-refractivity contribution in [1.82, 2.24) is 19.9 Å². The fraction of sp³-hybridized carbons (Fsp3) is 0.278. The van der Waals surface area contributed by atoms with Crippen LogP contribution in [0, 0.1) is 0 Å². The predicted molar refractivity (Wildman–Crippen MR) is 98.2 cm³/mol. The van der Waals surface area contributed by atoms with Crippen LogP contribution in [0.4, 0.5) is 0 Å². The Labute approximate surface area is 155 Å². The van der Waals surface area contributed by atoms with E-state index in [-0.39, 0.29) is 5.91 Å². The molecule has 0 spiro atoms. The van der Waals surface area contributed by atoms with Crippen molar-refractivity contribution < 1.29 is 4.79 Å². The summed E-state index contributed by atoms with van der Waals surface area (Å²) in [7, 11) is 0. The summed E-state index contributed by atoms with van der Waals surface area (Å²) in [4.78, 5) is 26.4. The first-order valence-corrected chi connectivity index (χ1v) is 8.91. The van der Waals surface area contributed by atoms with E-state index in [0.717, 1.165) is 29.7 Å². The van der Waals surface area contributed by atoms with Gasteiger partial charge in [0.1, 0.15) is 5.82 Å². The lowest BCUT2D eigenvalue weighted by Gasteiger charge is -2.31. The summed E-state index contributed by atoms with van der Waals surface area (Å²) in [5.41, 5.74) is 2.39. The number of aromatic nitrogens is 3. The van der Waals surface area contributed by atoms with Crippen LogP contribution >= 0.6 is 23.2 Å². The molecule has 4 rings (SSSR count). The second-order valence-electron chi connectivity index (χ2n) is 6.21. The Balaban J connectivity index is 1.48. The van der Waals surface area contributed by atoms with Crippen molar-refractivity contribution in [1.29, 1.82) is 0 Å². The van der Waals surface area contributed by atoms with Crippen LogP contribution in [-0.2, 0) is 0 Å². The number of imidazole rings is 1. The summed E-state index contributed by atoms with van der Waals surface area (Å²) < 4.78 is 0. The summed E-state index contributed by atoms with van der Waals surface area (Å²) in [5, 5.41) is 1.02. The zero-order chi connectivity index (χ0) is 17.4. The first kappa shape index (κ1) is 16.4. The van der Waals surface area contributed by atoms with Gasteiger partial charge in [0.05, 0.1) is 21.1 Å². The van der Waals surface area contributed by atoms with Crippen LogP contribution in [0.5, 0.6) is 0 Å². The molecule has 0 saturated carbocycles. The molecule has 5 nitrogen and oxygen atoms in total. The number of piperidine rings is 1. The molecule has 0 aliphatic carbocycles. The van der Waals surface area contributed by atoms with Gasteiger partial charge in [-0.3, -0.25) is 9.78 Å². The highest BCUT2D eigenvalue weighted by Gasteiger charge is 2.26. The summed E-state index contributed by atoms with van der Waals surface area (Å²) in [6.07, 6.45) is 5.03. The van der Waals surface area contributed by atoms with E-state index in [0.29, 0.717) is 34.6 Å². The lowest BCUT2D eigenvalue weighted by atomic mass is 9.95. The minimum atomic E-state index is 0.0593. The second-order valence-corrected chi connectivity index (χ2v) is 7.02. The SMILES string of the molecule is O=C(c1ccncc1)N1CCC(c2nc3cc(Cl)c(Cl)cc3[nH]2)CC1. The van der Waals surface area contributed by atoms with Gasteiger partial charge in [-0.15, -0.1) is 0 Å².